The number of rotatable bonds is 3. The quantitative estimate of drug-likeness (QED) is 0.856. The van der Waals surface area contributed by atoms with E-state index in [1.807, 2.05) is 36.4 Å². The zero-order chi connectivity index (χ0) is 13.0. The molecule has 18 heavy (non-hydrogen) atoms. The van der Waals surface area contributed by atoms with Gasteiger partial charge in [0.1, 0.15) is 0 Å². The van der Waals surface area contributed by atoms with Crippen molar-refractivity contribution in [3.63, 3.8) is 0 Å². The number of benzene rings is 2. The number of para-hydroxylation sites is 1. The number of carbonyl (C=O) groups is 1. The molecule has 2 rings (SSSR count). The lowest BCUT2D eigenvalue weighted by Crippen LogP contribution is -2.14. The highest BCUT2D eigenvalue weighted by Gasteiger charge is 2.05. The van der Waals surface area contributed by atoms with E-state index in [0.29, 0.717) is 12.1 Å². The fourth-order valence-electron chi connectivity index (χ4n) is 1.58. The number of nitrogens with two attached hydrogens (primary N) is 1. The van der Waals surface area contributed by atoms with Crippen LogP contribution in [0.15, 0.2) is 53.0 Å². The summed E-state index contributed by atoms with van der Waals surface area (Å²) in [6.45, 7) is 0. The van der Waals surface area contributed by atoms with Crippen LogP contribution in [0.5, 0.6) is 0 Å². The largest absolute Gasteiger partial charge is 0.399 e. The Balaban J connectivity index is 2.01. The van der Waals surface area contributed by atoms with Crippen molar-refractivity contribution in [2.75, 3.05) is 11.1 Å². The number of nitrogen functional groups attached to an aromatic ring is 1. The van der Waals surface area contributed by atoms with E-state index in [1.54, 1.807) is 12.1 Å². The van der Waals surface area contributed by atoms with Crippen LogP contribution in [-0.2, 0) is 11.2 Å². The minimum absolute atomic E-state index is 0.0494. The third-order valence-electron chi connectivity index (χ3n) is 2.49. The summed E-state index contributed by atoms with van der Waals surface area (Å²) in [6, 6.07) is 14.8. The van der Waals surface area contributed by atoms with E-state index in [1.165, 1.54) is 0 Å². The lowest BCUT2D eigenvalue weighted by atomic mass is 10.1. The number of amides is 1. The zero-order valence-corrected chi connectivity index (χ0v) is 11.3. The minimum atomic E-state index is -0.0494. The standard InChI is InChI=1S/C14H13BrN2O/c15-12-3-1-2-4-13(12)17-14(18)9-10-5-7-11(16)8-6-10/h1-8H,9,16H2,(H,17,18). The molecule has 0 saturated carbocycles. The predicted octanol–water partition coefficient (Wildman–Crippen LogP) is 3.21. The second-order valence-electron chi connectivity index (χ2n) is 3.95. The molecule has 4 heteroatoms. The maximum Gasteiger partial charge on any atom is 0.228 e. The van der Waals surface area contributed by atoms with Crippen LogP contribution >= 0.6 is 15.9 Å². The third-order valence-corrected chi connectivity index (χ3v) is 3.18. The van der Waals surface area contributed by atoms with Gasteiger partial charge in [0.25, 0.3) is 0 Å². The van der Waals surface area contributed by atoms with Crippen LogP contribution in [0.1, 0.15) is 5.56 Å². The summed E-state index contributed by atoms with van der Waals surface area (Å²) in [5.74, 6) is -0.0494. The molecule has 0 aliphatic carbocycles. The number of hydrogen-bond donors (Lipinski definition) is 2. The predicted molar refractivity (Wildman–Crippen MR) is 77.3 cm³/mol. The normalized spacial score (nSPS) is 10.1. The SMILES string of the molecule is Nc1ccc(CC(=O)Nc2ccccc2Br)cc1. The van der Waals surface area contributed by atoms with Gasteiger partial charge in [-0.15, -0.1) is 0 Å². The van der Waals surface area contributed by atoms with Gasteiger partial charge in [0.2, 0.25) is 5.91 Å². The van der Waals surface area contributed by atoms with Crippen molar-refractivity contribution in [2.45, 2.75) is 6.42 Å². The molecule has 92 valence electrons. The Bertz CT molecular complexity index is 552. The fourth-order valence-corrected chi connectivity index (χ4v) is 1.96. The van der Waals surface area contributed by atoms with E-state index in [2.05, 4.69) is 21.2 Å². The van der Waals surface area contributed by atoms with Crippen LogP contribution in [-0.4, -0.2) is 5.91 Å². The van der Waals surface area contributed by atoms with Gasteiger partial charge in [-0.25, -0.2) is 0 Å². The van der Waals surface area contributed by atoms with Gasteiger partial charge in [-0.1, -0.05) is 24.3 Å². The van der Waals surface area contributed by atoms with Crippen LogP contribution in [0.2, 0.25) is 0 Å². The molecule has 0 aromatic heterocycles. The Hall–Kier alpha value is -1.81. The summed E-state index contributed by atoms with van der Waals surface area (Å²) in [4.78, 5) is 11.9. The number of anilines is 2. The first-order valence-corrected chi connectivity index (χ1v) is 6.33. The Morgan fingerprint density at radius 1 is 1.11 bits per heavy atom. The molecule has 0 heterocycles. The van der Waals surface area contributed by atoms with E-state index >= 15 is 0 Å². The van der Waals surface area contributed by atoms with Gasteiger partial charge in [-0.3, -0.25) is 4.79 Å². The summed E-state index contributed by atoms with van der Waals surface area (Å²) in [5, 5.41) is 2.86. The molecule has 0 radical (unpaired) electrons. The lowest BCUT2D eigenvalue weighted by molar-refractivity contribution is -0.115. The molecule has 0 bridgehead atoms. The van der Waals surface area contributed by atoms with E-state index in [-0.39, 0.29) is 5.91 Å². The van der Waals surface area contributed by atoms with Crippen molar-refractivity contribution in [2.24, 2.45) is 0 Å². The Kier molecular flexibility index (Phi) is 3.99. The van der Waals surface area contributed by atoms with Crippen molar-refractivity contribution in [1.82, 2.24) is 0 Å². The summed E-state index contributed by atoms with van der Waals surface area (Å²) in [6.07, 6.45) is 0.335. The van der Waals surface area contributed by atoms with Crippen molar-refractivity contribution in [3.05, 3.63) is 58.6 Å². The number of carbonyl (C=O) groups excluding carboxylic acids is 1. The summed E-state index contributed by atoms with van der Waals surface area (Å²) in [5.41, 5.74) is 8.01. The number of nitrogens with one attached hydrogen (secondary N) is 1. The Labute approximate surface area is 114 Å². The van der Waals surface area contributed by atoms with Crippen LogP contribution < -0.4 is 11.1 Å². The van der Waals surface area contributed by atoms with Crippen LogP contribution in [0, 0.1) is 0 Å². The molecule has 0 aliphatic heterocycles. The highest BCUT2D eigenvalue weighted by molar-refractivity contribution is 9.10. The summed E-state index contributed by atoms with van der Waals surface area (Å²) < 4.78 is 0.871. The molecular weight excluding hydrogens is 292 g/mol. The number of halogens is 1. The van der Waals surface area contributed by atoms with E-state index < -0.39 is 0 Å². The molecule has 3 N–H and O–H groups in total. The van der Waals surface area contributed by atoms with Crippen LogP contribution in [0.3, 0.4) is 0 Å². The monoisotopic (exact) mass is 304 g/mol. The van der Waals surface area contributed by atoms with Gasteiger partial charge in [0.05, 0.1) is 12.1 Å². The van der Waals surface area contributed by atoms with Crippen molar-refractivity contribution in [1.29, 1.82) is 0 Å². The molecular formula is C14H13BrN2O. The zero-order valence-electron chi connectivity index (χ0n) is 9.69. The van der Waals surface area contributed by atoms with Crippen molar-refractivity contribution in [3.8, 4) is 0 Å². The fraction of sp³-hybridized carbons (Fsp3) is 0.0714. The first-order valence-electron chi connectivity index (χ1n) is 5.54. The van der Waals surface area contributed by atoms with Gasteiger partial charge in [0.15, 0.2) is 0 Å². The maximum atomic E-state index is 11.9. The third kappa shape index (κ3) is 3.34. The molecule has 2 aromatic carbocycles. The van der Waals surface area contributed by atoms with Crippen LogP contribution in [0.4, 0.5) is 11.4 Å². The molecule has 1 amide bonds. The van der Waals surface area contributed by atoms with Gasteiger partial charge in [-0.05, 0) is 45.8 Å². The van der Waals surface area contributed by atoms with E-state index in [0.717, 1.165) is 15.7 Å². The average Bonchev–Trinajstić information content (AvgIpc) is 2.35. The molecule has 2 aromatic rings. The molecule has 3 nitrogen and oxygen atoms in total. The van der Waals surface area contributed by atoms with Gasteiger partial charge in [0, 0.05) is 10.2 Å². The van der Waals surface area contributed by atoms with Gasteiger partial charge >= 0.3 is 0 Å². The maximum absolute atomic E-state index is 11.9. The van der Waals surface area contributed by atoms with Crippen molar-refractivity contribution < 1.29 is 4.79 Å². The average molecular weight is 305 g/mol. The highest BCUT2D eigenvalue weighted by Crippen LogP contribution is 2.21. The second kappa shape index (κ2) is 5.69. The van der Waals surface area contributed by atoms with E-state index in [9.17, 15) is 4.79 Å². The molecule has 0 saturated heterocycles. The first-order chi connectivity index (χ1) is 8.65. The van der Waals surface area contributed by atoms with Crippen LogP contribution in [0.25, 0.3) is 0 Å². The topological polar surface area (TPSA) is 55.1 Å². The Morgan fingerprint density at radius 2 is 1.78 bits per heavy atom. The lowest BCUT2D eigenvalue weighted by Gasteiger charge is -2.07. The molecule has 0 unspecified atom stereocenters. The van der Waals surface area contributed by atoms with Crippen molar-refractivity contribution >= 4 is 33.2 Å². The number of hydrogen-bond acceptors (Lipinski definition) is 2. The summed E-state index contributed by atoms with van der Waals surface area (Å²) >= 11 is 3.39. The summed E-state index contributed by atoms with van der Waals surface area (Å²) in [7, 11) is 0. The molecule has 0 atom stereocenters. The van der Waals surface area contributed by atoms with E-state index in [4.69, 9.17) is 5.73 Å². The highest BCUT2D eigenvalue weighted by atomic mass is 79.9. The Morgan fingerprint density at radius 3 is 2.44 bits per heavy atom. The first kappa shape index (κ1) is 12.6. The smallest absolute Gasteiger partial charge is 0.228 e. The van der Waals surface area contributed by atoms with Gasteiger partial charge < -0.3 is 11.1 Å². The minimum Gasteiger partial charge on any atom is -0.399 e. The van der Waals surface area contributed by atoms with Gasteiger partial charge in [-0.2, -0.15) is 0 Å². The second-order valence-corrected chi connectivity index (χ2v) is 4.80. The molecule has 0 fully saturated rings. The molecule has 0 spiro atoms. The molecule has 0 aliphatic rings.